The number of H-pyrrole nitrogens is 1. The van der Waals surface area contributed by atoms with Crippen molar-refractivity contribution in [1.29, 1.82) is 0 Å². The van der Waals surface area contributed by atoms with Crippen molar-refractivity contribution in [3.05, 3.63) is 28.9 Å². The van der Waals surface area contributed by atoms with Crippen LogP contribution < -0.4 is 5.73 Å². The SMILES string of the molecule is NCC(=O)c1cccc2n[nH]c(Cl)c12. The van der Waals surface area contributed by atoms with Crippen LogP contribution in [0.4, 0.5) is 0 Å². The Bertz CT molecular complexity index is 492. The molecule has 1 heterocycles. The van der Waals surface area contributed by atoms with Gasteiger partial charge in [-0.15, -0.1) is 0 Å². The van der Waals surface area contributed by atoms with Crippen LogP contribution in [0.5, 0.6) is 0 Å². The van der Waals surface area contributed by atoms with Gasteiger partial charge in [0.25, 0.3) is 0 Å². The molecular formula is C9H8ClN3O. The molecule has 0 aliphatic rings. The molecule has 0 radical (unpaired) electrons. The van der Waals surface area contributed by atoms with Crippen LogP contribution in [0.15, 0.2) is 18.2 Å². The second-order valence-corrected chi connectivity index (χ2v) is 3.24. The molecule has 72 valence electrons. The van der Waals surface area contributed by atoms with Gasteiger partial charge in [0.1, 0.15) is 5.15 Å². The van der Waals surface area contributed by atoms with Crippen LogP contribution >= 0.6 is 11.6 Å². The fraction of sp³-hybridized carbons (Fsp3) is 0.111. The van der Waals surface area contributed by atoms with Crippen LogP contribution in [0.25, 0.3) is 10.9 Å². The van der Waals surface area contributed by atoms with E-state index in [4.69, 9.17) is 17.3 Å². The van der Waals surface area contributed by atoms with Crippen molar-refractivity contribution >= 4 is 28.3 Å². The third kappa shape index (κ3) is 1.29. The lowest BCUT2D eigenvalue weighted by atomic mass is 10.1. The maximum atomic E-state index is 11.5. The van der Waals surface area contributed by atoms with Crippen molar-refractivity contribution in [3.8, 4) is 0 Å². The fourth-order valence-electron chi connectivity index (χ4n) is 1.37. The Morgan fingerprint density at radius 3 is 3.07 bits per heavy atom. The normalized spacial score (nSPS) is 10.7. The van der Waals surface area contributed by atoms with E-state index in [1.165, 1.54) is 0 Å². The number of nitrogens with one attached hydrogen (secondary N) is 1. The average molecular weight is 210 g/mol. The molecule has 0 amide bonds. The molecule has 0 spiro atoms. The molecule has 1 aromatic carbocycles. The van der Waals surface area contributed by atoms with Gasteiger partial charge in [-0.3, -0.25) is 9.89 Å². The Kier molecular flexibility index (Phi) is 2.23. The molecule has 0 unspecified atom stereocenters. The zero-order chi connectivity index (χ0) is 10.1. The first-order chi connectivity index (χ1) is 6.74. The Morgan fingerprint density at radius 1 is 1.57 bits per heavy atom. The van der Waals surface area contributed by atoms with Gasteiger partial charge in [0, 0.05) is 10.9 Å². The van der Waals surface area contributed by atoms with E-state index < -0.39 is 0 Å². The number of carbonyl (C=O) groups is 1. The van der Waals surface area contributed by atoms with Crippen molar-refractivity contribution in [2.75, 3.05) is 6.54 Å². The van der Waals surface area contributed by atoms with Gasteiger partial charge in [-0.2, -0.15) is 5.10 Å². The molecule has 14 heavy (non-hydrogen) atoms. The summed E-state index contributed by atoms with van der Waals surface area (Å²) in [6, 6.07) is 5.23. The highest BCUT2D eigenvalue weighted by atomic mass is 35.5. The molecule has 0 aliphatic carbocycles. The molecule has 0 atom stereocenters. The molecule has 5 heteroatoms. The molecule has 0 saturated heterocycles. The number of hydrogen-bond acceptors (Lipinski definition) is 3. The number of rotatable bonds is 2. The van der Waals surface area contributed by atoms with Gasteiger partial charge in [0.05, 0.1) is 12.1 Å². The molecule has 1 aromatic heterocycles. The van der Waals surface area contributed by atoms with E-state index in [9.17, 15) is 4.79 Å². The van der Waals surface area contributed by atoms with Crippen molar-refractivity contribution in [2.24, 2.45) is 5.73 Å². The van der Waals surface area contributed by atoms with Crippen molar-refractivity contribution in [2.45, 2.75) is 0 Å². The summed E-state index contributed by atoms with van der Waals surface area (Å²) in [5.74, 6) is -0.140. The van der Waals surface area contributed by atoms with Crippen LogP contribution in [0.3, 0.4) is 0 Å². The van der Waals surface area contributed by atoms with E-state index in [2.05, 4.69) is 10.2 Å². The van der Waals surface area contributed by atoms with Gasteiger partial charge in [0.15, 0.2) is 5.78 Å². The molecule has 0 bridgehead atoms. The molecule has 0 fully saturated rings. The number of ketones is 1. The molecule has 0 saturated carbocycles. The number of aromatic nitrogens is 2. The summed E-state index contributed by atoms with van der Waals surface area (Å²) in [5, 5.41) is 7.58. The number of hydrogen-bond donors (Lipinski definition) is 2. The number of Topliss-reactive ketones (excluding diaryl/α,β-unsaturated/α-hetero) is 1. The van der Waals surface area contributed by atoms with Crippen molar-refractivity contribution in [1.82, 2.24) is 10.2 Å². The third-order valence-electron chi connectivity index (χ3n) is 2.02. The van der Waals surface area contributed by atoms with E-state index >= 15 is 0 Å². The molecule has 0 aliphatic heterocycles. The van der Waals surface area contributed by atoms with Gasteiger partial charge in [0.2, 0.25) is 0 Å². The fourth-order valence-corrected chi connectivity index (χ4v) is 1.61. The lowest BCUT2D eigenvalue weighted by molar-refractivity contribution is 0.100. The summed E-state index contributed by atoms with van der Waals surface area (Å²) < 4.78 is 0. The minimum Gasteiger partial charge on any atom is -0.324 e. The van der Waals surface area contributed by atoms with Gasteiger partial charge in [-0.1, -0.05) is 23.7 Å². The Balaban J connectivity index is 2.75. The Morgan fingerprint density at radius 2 is 2.36 bits per heavy atom. The minimum atomic E-state index is -0.140. The Hall–Kier alpha value is -1.39. The summed E-state index contributed by atoms with van der Waals surface area (Å²) in [5.41, 5.74) is 6.48. The van der Waals surface area contributed by atoms with Crippen LogP contribution in [-0.2, 0) is 0 Å². The van der Waals surface area contributed by atoms with Gasteiger partial charge in [-0.25, -0.2) is 0 Å². The first kappa shape index (κ1) is 9.18. The molecule has 2 rings (SSSR count). The summed E-state index contributed by atoms with van der Waals surface area (Å²) in [7, 11) is 0. The maximum Gasteiger partial charge on any atom is 0.177 e. The lowest BCUT2D eigenvalue weighted by Gasteiger charge is -1.98. The maximum absolute atomic E-state index is 11.5. The molecule has 2 aromatic rings. The van der Waals surface area contributed by atoms with Crippen LogP contribution in [-0.4, -0.2) is 22.5 Å². The number of halogens is 1. The summed E-state index contributed by atoms with van der Waals surface area (Å²) in [6.07, 6.45) is 0. The average Bonchev–Trinajstić information content (AvgIpc) is 2.59. The van der Waals surface area contributed by atoms with E-state index in [0.717, 1.165) is 0 Å². The van der Waals surface area contributed by atoms with E-state index in [0.29, 0.717) is 21.6 Å². The topological polar surface area (TPSA) is 71.8 Å². The highest BCUT2D eigenvalue weighted by molar-refractivity contribution is 6.35. The second-order valence-electron chi connectivity index (χ2n) is 2.86. The summed E-state index contributed by atoms with van der Waals surface area (Å²) in [6.45, 7) is -0.0272. The smallest absolute Gasteiger partial charge is 0.177 e. The molecule has 4 nitrogen and oxygen atoms in total. The predicted molar refractivity (Wildman–Crippen MR) is 54.5 cm³/mol. The minimum absolute atomic E-state index is 0.0272. The predicted octanol–water partition coefficient (Wildman–Crippen LogP) is 1.36. The number of aromatic amines is 1. The van der Waals surface area contributed by atoms with Gasteiger partial charge in [-0.05, 0) is 6.07 Å². The molecular weight excluding hydrogens is 202 g/mol. The number of carbonyl (C=O) groups excluding carboxylic acids is 1. The quantitative estimate of drug-likeness (QED) is 0.734. The van der Waals surface area contributed by atoms with Crippen molar-refractivity contribution < 1.29 is 4.79 Å². The van der Waals surface area contributed by atoms with Gasteiger partial charge >= 0.3 is 0 Å². The largest absolute Gasteiger partial charge is 0.324 e. The van der Waals surface area contributed by atoms with E-state index in [1.807, 2.05) is 0 Å². The summed E-state index contributed by atoms with van der Waals surface area (Å²) >= 11 is 5.87. The van der Waals surface area contributed by atoms with E-state index in [-0.39, 0.29) is 12.3 Å². The van der Waals surface area contributed by atoms with E-state index in [1.54, 1.807) is 18.2 Å². The summed E-state index contributed by atoms with van der Waals surface area (Å²) in [4.78, 5) is 11.5. The third-order valence-corrected chi connectivity index (χ3v) is 2.30. The standard InChI is InChI=1S/C9H8ClN3O/c10-9-8-5(7(14)4-11)2-1-3-6(8)12-13-9/h1-3H,4,11H2,(H,12,13). The highest BCUT2D eigenvalue weighted by Gasteiger charge is 2.12. The number of nitrogens with zero attached hydrogens (tertiary/aromatic N) is 1. The number of nitrogens with two attached hydrogens (primary N) is 1. The number of benzene rings is 1. The van der Waals surface area contributed by atoms with Crippen molar-refractivity contribution in [3.63, 3.8) is 0 Å². The van der Waals surface area contributed by atoms with Gasteiger partial charge < -0.3 is 5.73 Å². The first-order valence-electron chi connectivity index (χ1n) is 4.10. The second kappa shape index (κ2) is 3.40. The first-order valence-corrected chi connectivity index (χ1v) is 4.47. The highest BCUT2D eigenvalue weighted by Crippen LogP contribution is 2.24. The number of fused-ring (bicyclic) bond motifs is 1. The Labute approximate surface area is 85.0 Å². The zero-order valence-electron chi connectivity index (χ0n) is 7.25. The monoisotopic (exact) mass is 209 g/mol. The van der Waals surface area contributed by atoms with Crippen LogP contribution in [0.2, 0.25) is 5.15 Å². The van der Waals surface area contributed by atoms with Crippen LogP contribution in [0.1, 0.15) is 10.4 Å². The zero-order valence-corrected chi connectivity index (χ0v) is 8.01. The lowest BCUT2D eigenvalue weighted by Crippen LogP contribution is -2.13. The molecule has 3 N–H and O–H groups in total. The van der Waals surface area contributed by atoms with Crippen LogP contribution in [0, 0.1) is 0 Å².